The quantitative estimate of drug-likeness (QED) is 0.121. The van der Waals surface area contributed by atoms with E-state index in [1.165, 1.54) is 13.0 Å². The Morgan fingerprint density at radius 2 is 1.74 bits per heavy atom. The number of unbranched alkanes of at least 4 members (excludes halogenated alkanes) is 4. The Bertz CT molecular complexity index is 1220. The standard InChI is InChI=1S/C32H45N3O8/c1-23(37)43-35-31(41)34-30(40)32(35,2)20-25-12-9-11-24(18-25)10-5-8-17-42-16-7-4-3-6-15-33-21-29(39)26-13-14-28(38)27(19-26)22-36/h9,11-14,18-19,29,33,36,38-39H,3-8,10,15-17,20-22H2,1-2H3,(H,34,40,41)/t29-,32-/m0/s1. The first-order chi connectivity index (χ1) is 20.6. The summed E-state index contributed by atoms with van der Waals surface area (Å²) in [5.41, 5.74) is 1.76. The van der Waals surface area contributed by atoms with E-state index in [0.717, 1.165) is 74.3 Å². The maximum Gasteiger partial charge on any atom is 0.358 e. The molecule has 1 aliphatic heterocycles. The number of phenols is 1. The molecule has 5 N–H and O–H groups in total. The van der Waals surface area contributed by atoms with Crippen LogP contribution in [0.3, 0.4) is 0 Å². The average molecular weight is 600 g/mol. The number of amides is 3. The molecule has 0 unspecified atom stereocenters. The summed E-state index contributed by atoms with van der Waals surface area (Å²) in [4.78, 5) is 41.0. The van der Waals surface area contributed by atoms with Crippen LogP contribution in [0.2, 0.25) is 0 Å². The van der Waals surface area contributed by atoms with Gasteiger partial charge in [-0.05, 0) is 74.4 Å². The number of benzene rings is 2. The van der Waals surface area contributed by atoms with Crippen LogP contribution in [0.5, 0.6) is 5.75 Å². The third-order valence-corrected chi connectivity index (χ3v) is 7.49. The number of carbonyl (C=O) groups is 3. The van der Waals surface area contributed by atoms with Crippen LogP contribution in [0, 0.1) is 0 Å². The van der Waals surface area contributed by atoms with Gasteiger partial charge >= 0.3 is 12.0 Å². The van der Waals surface area contributed by atoms with Gasteiger partial charge in [-0.2, -0.15) is 0 Å². The van der Waals surface area contributed by atoms with E-state index in [2.05, 4.69) is 10.6 Å². The number of hydrogen-bond acceptors (Lipinski definition) is 9. The van der Waals surface area contributed by atoms with E-state index < -0.39 is 29.6 Å². The number of aromatic hydroxyl groups is 1. The molecule has 1 aliphatic rings. The highest BCUT2D eigenvalue weighted by atomic mass is 16.7. The van der Waals surface area contributed by atoms with Gasteiger partial charge in [-0.25, -0.2) is 4.79 Å². The molecule has 2 aromatic rings. The molecular weight excluding hydrogens is 554 g/mol. The van der Waals surface area contributed by atoms with Crippen molar-refractivity contribution in [2.75, 3.05) is 26.3 Å². The van der Waals surface area contributed by atoms with E-state index in [4.69, 9.17) is 9.57 Å². The van der Waals surface area contributed by atoms with Gasteiger partial charge in [-0.1, -0.05) is 43.2 Å². The van der Waals surface area contributed by atoms with Crippen molar-refractivity contribution < 1.29 is 39.3 Å². The molecule has 1 fully saturated rings. The van der Waals surface area contributed by atoms with Crippen LogP contribution in [0.4, 0.5) is 4.79 Å². The molecule has 3 amide bonds. The number of urea groups is 1. The Morgan fingerprint density at radius 3 is 2.49 bits per heavy atom. The molecular formula is C32H45N3O8. The topological polar surface area (TPSA) is 158 Å². The Kier molecular flexibility index (Phi) is 13.4. The second kappa shape index (κ2) is 17.0. The monoisotopic (exact) mass is 599 g/mol. The number of nitrogens with one attached hydrogen (secondary N) is 2. The van der Waals surface area contributed by atoms with Crippen molar-refractivity contribution in [2.24, 2.45) is 0 Å². The van der Waals surface area contributed by atoms with E-state index >= 15 is 0 Å². The molecule has 2 aromatic carbocycles. The minimum absolute atomic E-state index is 0.0256. The predicted octanol–water partition coefficient (Wildman–Crippen LogP) is 3.44. The maximum absolute atomic E-state index is 12.5. The first kappa shape index (κ1) is 34.0. The lowest BCUT2D eigenvalue weighted by molar-refractivity contribution is -0.189. The van der Waals surface area contributed by atoms with E-state index in [9.17, 15) is 29.7 Å². The minimum Gasteiger partial charge on any atom is -0.508 e. The lowest BCUT2D eigenvalue weighted by atomic mass is 9.91. The number of nitrogens with zero attached hydrogens (tertiary/aromatic N) is 1. The van der Waals surface area contributed by atoms with E-state index in [1.54, 1.807) is 19.1 Å². The minimum atomic E-state index is -1.31. The molecule has 0 radical (unpaired) electrons. The fourth-order valence-corrected chi connectivity index (χ4v) is 5.05. The molecule has 0 aliphatic carbocycles. The van der Waals surface area contributed by atoms with Crippen LogP contribution in [0.25, 0.3) is 0 Å². The number of hydroxylamine groups is 2. The fourth-order valence-electron chi connectivity index (χ4n) is 5.05. The van der Waals surface area contributed by atoms with Gasteiger partial charge in [0.1, 0.15) is 5.75 Å². The SMILES string of the molecule is CC(=O)ON1C(=O)NC(=O)[C@]1(C)Cc1cccc(CCCCOCCCCCCNC[C@H](O)c2ccc(O)c(CO)c2)c1. The maximum atomic E-state index is 12.5. The van der Waals surface area contributed by atoms with Gasteiger partial charge in [0.2, 0.25) is 0 Å². The van der Waals surface area contributed by atoms with Gasteiger partial charge in [0.25, 0.3) is 5.91 Å². The van der Waals surface area contributed by atoms with Gasteiger partial charge < -0.3 is 30.2 Å². The third-order valence-electron chi connectivity index (χ3n) is 7.49. The second-order valence-corrected chi connectivity index (χ2v) is 11.2. The highest BCUT2D eigenvalue weighted by molar-refractivity contribution is 6.06. The van der Waals surface area contributed by atoms with E-state index in [0.29, 0.717) is 24.3 Å². The summed E-state index contributed by atoms with van der Waals surface area (Å²) in [6, 6.07) is 11.9. The highest BCUT2D eigenvalue weighted by Crippen LogP contribution is 2.27. The van der Waals surface area contributed by atoms with Gasteiger partial charge in [0.15, 0.2) is 5.54 Å². The molecule has 1 heterocycles. The van der Waals surface area contributed by atoms with Crippen LogP contribution < -0.4 is 10.6 Å². The van der Waals surface area contributed by atoms with Crippen LogP contribution in [-0.4, -0.2) is 70.1 Å². The number of hydrogen-bond donors (Lipinski definition) is 5. The van der Waals surface area contributed by atoms with Gasteiger partial charge in [-0.15, -0.1) is 5.06 Å². The number of aliphatic hydroxyl groups excluding tert-OH is 2. The van der Waals surface area contributed by atoms with E-state index in [-0.39, 0.29) is 18.8 Å². The first-order valence-corrected chi connectivity index (χ1v) is 14.9. The zero-order chi connectivity index (χ0) is 31.2. The lowest BCUT2D eigenvalue weighted by Crippen LogP contribution is -2.49. The number of carbonyl (C=O) groups excluding carboxylic acids is 3. The Hall–Kier alpha value is -3.51. The molecule has 11 heteroatoms. The Morgan fingerprint density at radius 1 is 1.02 bits per heavy atom. The molecule has 2 atom stereocenters. The van der Waals surface area contributed by atoms with Gasteiger partial charge in [0, 0.05) is 38.7 Å². The number of imide groups is 1. The first-order valence-electron chi connectivity index (χ1n) is 14.9. The summed E-state index contributed by atoms with van der Waals surface area (Å²) < 4.78 is 5.79. The fraction of sp³-hybridized carbons (Fsp3) is 0.531. The molecule has 0 bridgehead atoms. The summed E-state index contributed by atoms with van der Waals surface area (Å²) in [6.45, 7) is 5.15. The molecule has 0 aromatic heterocycles. The highest BCUT2D eigenvalue weighted by Gasteiger charge is 2.52. The van der Waals surface area contributed by atoms with E-state index in [1.807, 2.05) is 24.3 Å². The van der Waals surface area contributed by atoms with Crippen molar-refractivity contribution in [3.8, 4) is 5.75 Å². The molecule has 1 saturated heterocycles. The van der Waals surface area contributed by atoms with Gasteiger partial charge in [0.05, 0.1) is 12.7 Å². The molecule has 3 rings (SSSR count). The van der Waals surface area contributed by atoms with Crippen LogP contribution >= 0.6 is 0 Å². The Labute approximate surface area is 253 Å². The summed E-state index contributed by atoms with van der Waals surface area (Å²) in [5, 5.41) is 35.5. The average Bonchev–Trinajstić information content (AvgIpc) is 3.17. The smallest absolute Gasteiger partial charge is 0.358 e. The summed E-state index contributed by atoms with van der Waals surface area (Å²) >= 11 is 0. The van der Waals surface area contributed by atoms with Crippen molar-refractivity contribution in [2.45, 2.75) is 83.5 Å². The number of rotatable bonds is 19. The van der Waals surface area contributed by atoms with Crippen molar-refractivity contribution in [1.82, 2.24) is 15.7 Å². The van der Waals surface area contributed by atoms with Crippen LogP contribution in [0.15, 0.2) is 42.5 Å². The molecule has 0 spiro atoms. The van der Waals surface area contributed by atoms with Crippen LogP contribution in [0.1, 0.15) is 80.7 Å². The zero-order valence-electron chi connectivity index (χ0n) is 25.1. The zero-order valence-corrected chi connectivity index (χ0v) is 25.1. The van der Waals surface area contributed by atoms with Crippen molar-refractivity contribution >= 4 is 17.9 Å². The number of aryl methyl sites for hydroxylation is 1. The second-order valence-electron chi connectivity index (χ2n) is 11.2. The third kappa shape index (κ3) is 10.3. The summed E-state index contributed by atoms with van der Waals surface area (Å²) in [6.07, 6.45) is 6.44. The predicted molar refractivity (Wildman–Crippen MR) is 160 cm³/mol. The largest absolute Gasteiger partial charge is 0.508 e. The number of ether oxygens (including phenoxy) is 1. The molecule has 236 valence electrons. The van der Waals surface area contributed by atoms with Gasteiger partial charge in [-0.3, -0.25) is 14.9 Å². The molecule has 43 heavy (non-hydrogen) atoms. The molecule has 11 nitrogen and oxygen atoms in total. The number of aliphatic hydroxyl groups is 2. The Balaban J connectivity index is 1.23. The molecule has 0 saturated carbocycles. The lowest BCUT2D eigenvalue weighted by Gasteiger charge is -2.29. The normalized spacial score (nSPS) is 17.3. The van der Waals surface area contributed by atoms with Crippen molar-refractivity contribution in [3.63, 3.8) is 0 Å². The summed E-state index contributed by atoms with van der Waals surface area (Å²) in [5.74, 6) is -1.14. The van der Waals surface area contributed by atoms with Crippen molar-refractivity contribution in [3.05, 3.63) is 64.7 Å². The van der Waals surface area contributed by atoms with Crippen molar-refractivity contribution in [1.29, 1.82) is 0 Å². The summed E-state index contributed by atoms with van der Waals surface area (Å²) in [7, 11) is 0. The van der Waals surface area contributed by atoms with Crippen LogP contribution in [-0.2, 0) is 38.6 Å².